The molecule has 7 heteroatoms. The zero-order chi connectivity index (χ0) is 4.50. The Kier molecular flexibility index (Phi) is 13.9. The molecule has 0 bridgehead atoms. The van der Waals surface area contributed by atoms with Gasteiger partial charge in [-0.3, -0.25) is 0 Å². The molecule has 0 amide bonds. The molecular formula is H4Cl4HfO2. The molecule has 0 heterocycles. The first-order chi connectivity index (χ1) is 2.00. The minimum atomic E-state index is -3.39. The van der Waals surface area contributed by atoms with E-state index in [9.17, 15) is 0 Å². The molecule has 0 radical (unpaired) electrons. The first kappa shape index (κ1) is 16.0. The second-order valence-electron chi connectivity index (χ2n) is 0.429. The Morgan fingerprint density at radius 1 is 0.714 bits per heavy atom. The van der Waals surface area contributed by atoms with E-state index >= 15 is 0 Å². The van der Waals surface area contributed by atoms with Gasteiger partial charge < -0.3 is 11.0 Å². The predicted octanol–water partition coefficient (Wildman–Crippen LogP) is 1.11. The molecule has 0 rings (SSSR count). The Balaban J connectivity index is -0.0000000800. The maximum absolute atomic E-state index is 5.05. The van der Waals surface area contributed by atoms with Crippen LogP contribution in [0.15, 0.2) is 0 Å². The van der Waals surface area contributed by atoms with Crippen LogP contribution in [0, 0.1) is 0 Å². The van der Waals surface area contributed by atoms with Crippen molar-refractivity contribution in [1.82, 2.24) is 0 Å². The van der Waals surface area contributed by atoms with Gasteiger partial charge in [-0.25, -0.2) is 0 Å². The Labute approximate surface area is 59.9 Å². The van der Waals surface area contributed by atoms with Crippen LogP contribution in [0.25, 0.3) is 0 Å². The van der Waals surface area contributed by atoms with Gasteiger partial charge in [0.25, 0.3) is 0 Å². The van der Waals surface area contributed by atoms with Gasteiger partial charge in [-0.15, -0.1) is 0 Å². The van der Waals surface area contributed by atoms with Gasteiger partial charge in [0, 0.05) is 0 Å². The zero-order valence-corrected chi connectivity index (χ0v) is 9.63. The van der Waals surface area contributed by atoms with Crippen molar-refractivity contribution in [3.63, 3.8) is 0 Å². The van der Waals surface area contributed by atoms with Gasteiger partial charge in [-0.2, -0.15) is 0 Å². The van der Waals surface area contributed by atoms with Crippen molar-refractivity contribution in [2.24, 2.45) is 0 Å². The molecule has 0 spiro atoms. The van der Waals surface area contributed by atoms with Gasteiger partial charge in [-0.1, -0.05) is 0 Å². The van der Waals surface area contributed by atoms with Crippen molar-refractivity contribution >= 4 is 34.3 Å². The van der Waals surface area contributed by atoms with E-state index in [0.29, 0.717) is 0 Å². The molecule has 0 aliphatic rings. The van der Waals surface area contributed by atoms with Gasteiger partial charge in [0.15, 0.2) is 0 Å². The van der Waals surface area contributed by atoms with Crippen LogP contribution >= 0.6 is 34.3 Å². The summed E-state index contributed by atoms with van der Waals surface area (Å²) >= 11 is -3.39. The average Bonchev–Trinajstić information content (AvgIpc) is 0.722. The molecule has 0 saturated carbocycles. The molecule has 0 unspecified atom stereocenters. The second kappa shape index (κ2) is 6.08. The molecule has 4 N–H and O–H groups in total. The summed E-state index contributed by atoms with van der Waals surface area (Å²) in [5.74, 6) is 0. The van der Waals surface area contributed by atoms with Crippen LogP contribution in [0.4, 0.5) is 0 Å². The van der Waals surface area contributed by atoms with Gasteiger partial charge in [0.1, 0.15) is 0 Å². The van der Waals surface area contributed by atoms with E-state index in [1.54, 1.807) is 0 Å². The fourth-order valence-corrected chi connectivity index (χ4v) is 0. The molecule has 0 aliphatic carbocycles. The average molecular weight is 356 g/mol. The molecule has 0 aromatic rings. The standard InChI is InChI=1S/4ClH.Hf.2H2O/h4*1H;;2*1H2/q;;;;+4;;/p-4. The normalized spacial score (nSPS) is 8.57. The van der Waals surface area contributed by atoms with Crippen LogP contribution in [0.2, 0.25) is 0 Å². The van der Waals surface area contributed by atoms with Crippen molar-refractivity contribution in [2.75, 3.05) is 0 Å². The number of halogens is 4. The third kappa shape index (κ3) is 74.0. The van der Waals surface area contributed by atoms with Crippen LogP contribution in [-0.2, 0) is 15.2 Å². The van der Waals surface area contributed by atoms with Gasteiger partial charge in [0.2, 0.25) is 0 Å². The van der Waals surface area contributed by atoms with E-state index in [4.69, 9.17) is 34.3 Å². The van der Waals surface area contributed by atoms with E-state index in [-0.39, 0.29) is 11.0 Å². The van der Waals surface area contributed by atoms with Gasteiger partial charge in [-0.05, 0) is 0 Å². The molecule has 0 aromatic carbocycles. The summed E-state index contributed by atoms with van der Waals surface area (Å²) in [7, 11) is 20.2. The molecular weight excluding hydrogens is 352 g/mol. The SMILES string of the molecule is O.O.[Cl][Hf]([Cl])([Cl])[Cl]. The Bertz CT molecular complexity index is 25.2. The number of hydrogen-bond acceptors (Lipinski definition) is 0. The fourth-order valence-electron chi connectivity index (χ4n) is 0. The summed E-state index contributed by atoms with van der Waals surface area (Å²) in [6.45, 7) is 0. The topological polar surface area (TPSA) is 63.0 Å². The third-order valence-electron chi connectivity index (χ3n) is 0. The van der Waals surface area contributed by atoms with Crippen molar-refractivity contribution in [3.8, 4) is 0 Å². The number of hydrogen-bond donors (Lipinski definition) is 0. The molecule has 7 heavy (non-hydrogen) atoms. The Morgan fingerprint density at radius 2 is 0.714 bits per heavy atom. The third-order valence-corrected chi connectivity index (χ3v) is 0. The van der Waals surface area contributed by atoms with Gasteiger partial charge in [0.05, 0.1) is 0 Å². The first-order valence-corrected chi connectivity index (χ1v) is 18.6. The summed E-state index contributed by atoms with van der Waals surface area (Å²) < 4.78 is 0. The van der Waals surface area contributed by atoms with E-state index in [1.807, 2.05) is 0 Å². The predicted molar refractivity (Wildman–Crippen MR) is 30.6 cm³/mol. The second-order valence-corrected chi connectivity index (χ2v) is 31.6. The van der Waals surface area contributed by atoms with Crippen molar-refractivity contribution in [2.45, 2.75) is 0 Å². The van der Waals surface area contributed by atoms with Crippen LogP contribution in [0.5, 0.6) is 0 Å². The summed E-state index contributed by atoms with van der Waals surface area (Å²) in [6.07, 6.45) is 0. The summed E-state index contributed by atoms with van der Waals surface area (Å²) in [5.41, 5.74) is 0. The van der Waals surface area contributed by atoms with Gasteiger partial charge >= 0.3 is 49.5 Å². The summed E-state index contributed by atoms with van der Waals surface area (Å²) in [5, 5.41) is 0. The maximum atomic E-state index is 5.05. The molecule has 0 atom stereocenters. The Morgan fingerprint density at radius 3 is 0.714 bits per heavy atom. The van der Waals surface area contributed by atoms with Crippen molar-refractivity contribution in [1.29, 1.82) is 0 Å². The van der Waals surface area contributed by atoms with Crippen LogP contribution < -0.4 is 0 Å². The molecule has 0 saturated heterocycles. The summed E-state index contributed by atoms with van der Waals surface area (Å²) in [4.78, 5) is 0. The Hall–Kier alpha value is 1.95. The van der Waals surface area contributed by atoms with E-state index in [2.05, 4.69) is 0 Å². The van der Waals surface area contributed by atoms with Crippen molar-refractivity contribution < 1.29 is 26.2 Å². The molecule has 0 fully saturated rings. The number of rotatable bonds is 0. The quantitative estimate of drug-likeness (QED) is 0.584. The molecule has 0 aromatic heterocycles. The molecule has 2 nitrogen and oxygen atoms in total. The van der Waals surface area contributed by atoms with E-state index < -0.39 is 15.2 Å². The summed E-state index contributed by atoms with van der Waals surface area (Å²) in [6, 6.07) is 0. The van der Waals surface area contributed by atoms with Crippen LogP contribution in [0.3, 0.4) is 0 Å². The van der Waals surface area contributed by atoms with E-state index in [0.717, 1.165) is 0 Å². The molecule has 48 valence electrons. The van der Waals surface area contributed by atoms with Crippen molar-refractivity contribution in [3.05, 3.63) is 0 Å². The van der Waals surface area contributed by atoms with E-state index in [1.165, 1.54) is 0 Å². The van der Waals surface area contributed by atoms with Crippen LogP contribution in [-0.4, -0.2) is 11.0 Å². The minimum absolute atomic E-state index is 0. The molecule has 0 aliphatic heterocycles. The zero-order valence-electron chi connectivity index (χ0n) is 3.01. The first-order valence-electron chi connectivity index (χ1n) is 0.756. The fraction of sp³-hybridized carbons (Fsp3) is 0. The van der Waals surface area contributed by atoms with Crippen LogP contribution in [0.1, 0.15) is 0 Å². The monoisotopic (exact) mass is 356 g/mol.